The van der Waals surface area contributed by atoms with E-state index < -0.39 is 0 Å². The molecule has 2 aromatic rings. The molecule has 1 aliphatic rings. The molecule has 0 saturated carbocycles. The van der Waals surface area contributed by atoms with E-state index in [0.29, 0.717) is 13.0 Å². The zero-order valence-corrected chi connectivity index (χ0v) is 24.3. The number of aryl methyl sites for hydroxylation is 2. The second-order valence-electron chi connectivity index (χ2n) is 10.1. The van der Waals surface area contributed by atoms with E-state index in [1.165, 1.54) is 29.5 Å². The first-order valence-electron chi connectivity index (χ1n) is 13.7. The van der Waals surface area contributed by atoms with E-state index in [-0.39, 0.29) is 6.17 Å². The normalized spacial score (nSPS) is 15.0. The van der Waals surface area contributed by atoms with Crippen LogP contribution in [0.5, 0.6) is 5.75 Å². The van der Waals surface area contributed by atoms with Crippen molar-refractivity contribution in [3.8, 4) is 5.75 Å². The summed E-state index contributed by atoms with van der Waals surface area (Å²) in [6.07, 6.45) is 4.16. The predicted molar refractivity (Wildman–Crippen MR) is 161 cm³/mol. The molecule has 0 spiro atoms. The third-order valence-corrected chi connectivity index (χ3v) is 6.89. The zero-order valence-electron chi connectivity index (χ0n) is 24.3. The van der Waals surface area contributed by atoms with Crippen LogP contribution in [0.3, 0.4) is 0 Å². The smallest absolute Gasteiger partial charge is 0.122 e. The van der Waals surface area contributed by atoms with Gasteiger partial charge in [-0.1, -0.05) is 88.4 Å². The van der Waals surface area contributed by atoms with Crippen molar-refractivity contribution in [2.75, 3.05) is 26.7 Å². The Balaban J connectivity index is 0.00000118. The number of ether oxygens (including phenoxy) is 1. The van der Waals surface area contributed by atoms with Crippen LogP contribution >= 0.6 is 0 Å². The summed E-state index contributed by atoms with van der Waals surface area (Å²) < 4.78 is 5.47. The topological polar surface area (TPSA) is 65.8 Å². The quantitative estimate of drug-likeness (QED) is 0.244. The van der Waals surface area contributed by atoms with Crippen LogP contribution in [0.25, 0.3) is 0 Å². The largest absolute Gasteiger partial charge is 0.496 e. The number of nitrogens with one attached hydrogen (secondary N) is 2. The highest BCUT2D eigenvalue weighted by atomic mass is 16.5. The van der Waals surface area contributed by atoms with Crippen molar-refractivity contribution >= 4 is 0 Å². The van der Waals surface area contributed by atoms with Gasteiger partial charge in [0.05, 0.1) is 20.2 Å². The van der Waals surface area contributed by atoms with Crippen molar-refractivity contribution in [2.45, 2.75) is 66.1 Å². The molecular weight excluding hydrogens is 470 g/mol. The lowest BCUT2D eigenvalue weighted by atomic mass is 10.1. The Labute approximate surface area is 231 Å². The summed E-state index contributed by atoms with van der Waals surface area (Å²) >= 11 is 0. The van der Waals surface area contributed by atoms with Crippen molar-refractivity contribution in [3.63, 3.8) is 0 Å². The summed E-state index contributed by atoms with van der Waals surface area (Å²) in [5.74, 6) is 6.86. The van der Waals surface area contributed by atoms with Gasteiger partial charge in [0.15, 0.2) is 0 Å². The first kappa shape index (κ1) is 31.0. The molecule has 1 heterocycles. The molecule has 0 aliphatic carbocycles. The Hall–Kier alpha value is -3.22. The number of rotatable bonds is 12. The van der Waals surface area contributed by atoms with Crippen LogP contribution in [0, 0.1) is 13.8 Å². The molecule has 0 bridgehead atoms. The molecule has 208 valence electrons. The first-order chi connectivity index (χ1) is 18.2. The molecule has 0 aromatic heterocycles. The molecule has 1 saturated heterocycles. The Morgan fingerprint density at radius 2 is 1.71 bits per heavy atom. The fraction of sp³-hybridized carbons (Fsp3) is 0.438. The molecule has 6 nitrogen and oxygen atoms in total. The minimum absolute atomic E-state index is 0.0459. The molecule has 1 fully saturated rings. The first-order valence-corrected chi connectivity index (χ1v) is 13.7. The van der Waals surface area contributed by atoms with Gasteiger partial charge in [-0.3, -0.25) is 5.84 Å². The molecule has 38 heavy (non-hydrogen) atoms. The highest BCUT2D eigenvalue weighted by molar-refractivity contribution is 5.36. The van der Waals surface area contributed by atoms with E-state index in [4.69, 9.17) is 10.6 Å². The number of hydrogen-bond acceptors (Lipinski definition) is 6. The SMILES string of the molecule is C=C(CC(=C)N1CC(=C)N(CCc2ccc(C)c(OC)c2)CC1NN)NCc1ccc(C)cc1.CCCC. The van der Waals surface area contributed by atoms with Gasteiger partial charge in [0, 0.05) is 36.6 Å². The summed E-state index contributed by atoms with van der Waals surface area (Å²) in [5.41, 5.74) is 10.8. The van der Waals surface area contributed by atoms with Gasteiger partial charge in [0.25, 0.3) is 0 Å². The second-order valence-corrected chi connectivity index (χ2v) is 10.1. The van der Waals surface area contributed by atoms with Crippen LogP contribution in [-0.4, -0.2) is 42.7 Å². The maximum absolute atomic E-state index is 5.93. The van der Waals surface area contributed by atoms with E-state index in [2.05, 4.69) is 110 Å². The van der Waals surface area contributed by atoms with Gasteiger partial charge in [-0.05, 0) is 43.0 Å². The van der Waals surface area contributed by atoms with Gasteiger partial charge in [-0.2, -0.15) is 0 Å². The molecule has 1 unspecified atom stereocenters. The lowest BCUT2D eigenvalue weighted by Gasteiger charge is -2.45. The third-order valence-electron chi connectivity index (χ3n) is 6.89. The van der Waals surface area contributed by atoms with Crippen molar-refractivity contribution < 1.29 is 4.74 Å². The Kier molecular flexibility index (Phi) is 13.0. The second kappa shape index (κ2) is 15.9. The molecule has 1 aliphatic heterocycles. The van der Waals surface area contributed by atoms with E-state index in [9.17, 15) is 0 Å². The number of hydrogen-bond donors (Lipinski definition) is 3. The Morgan fingerprint density at radius 1 is 1.05 bits per heavy atom. The molecule has 0 amide bonds. The number of methoxy groups -OCH3 is 1. The van der Waals surface area contributed by atoms with Gasteiger partial charge < -0.3 is 19.9 Å². The average molecular weight is 520 g/mol. The molecular formula is C32H49N5O. The van der Waals surface area contributed by atoms with Gasteiger partial charge in [-0.15, -0.1) is 0 Å². The molecule has 6 heteroatoms. The molecule has 4 N–H and O–H groups in total. The summed E-state index contributed by atoms with van der Waals surface area (Å²) in [6.45, 7) is 24.4. The minimum Gasteiger partial charge on any atom is -0.496 e. The minimum atomic E-state index is -0.0459. The standard InChI is InChI=1S/C28H39N5O.C4H10/c1-20-7-10-26(11-8-20)17-30-22(3)15-23(4)33-18-24(5)32(19-28(33)31-29)14-13-25-12-9-21(2)27(16-25)34-6;1-3-4-2/h7-12,16,28,30-31H,3-5,13-15,17-19,29H2,1-2,6H3;3-4H2,1-2H3. The number of nitrogens with two attached hydrogens (primary N) is 1. The van der Waals surface area contributed by atoms with Crippen LogP contribution in [0.4, 0.5) is 0 Å². The van der Waals surface area contributed by atoms with Crippen molar-refractivity contribution in [3.05, 3.63) is 102 Å². The highest BCUT2D eigenvalue weighted by Gasteiger charge is 2.28. The molecule has 3 rings (SSSR count). The van der Waals surface area contributed by atoms with Crippen molar-refractivity contribution in [1.29, 1.82) is 0 Å². The van der Waals surface area contributed by atoms with Crippen LogP contribution in [-0.2, 0) is 13.0 Å². The van der Waals surface area contributed by atoms with Crippen molar-refractivity contribution in [2.24, 2.45) is 5.84 Å². The molecule has 0 radical (unpaired) electrons. The monoisotopic (exact) mass is 519 g/mol. The van der Waals surface area contributed by atoms with Gasteiger partial charge in [0.1, 0.15) is 11.9 Å². The Bertz CT molecular complexity index is 1040. The van der Waals surface area contributed by atoms with Crippen molar-refractivity contribution in [1.82, 2.24) is 20.5 Å². The fourth-order valence-corrected chi connectivity index (χ4v) is 4.19. The number of nitrogens with zero attached hydrogens (tertiary/aromatic N) is 2. The summed E-state index contributed by atoms with van der Waals surface area (Å²) in [6, 6.07) is 14.9. The predicted octanol–water partition coefficient (Wildman–Crippen LogP) is 5.79. The van der Waals surface area contributed by atoms with E-state index in [0.717, 1.165) is 54.5 Å². The number of unbranched alkanes of at least 4 members (excludes halogenated alkanes) is 1. The molecule has 2 aromatic carbocycles. The van der Waals surface area contributed by atoms with Crippen LogP contribution in [0.1, 0.15) is 55.4 Å². The van der Waals surface area contributed by atoms with Gasteiger partial charge >= 0.3 is 0 Å². The lowest BCUT2D eigenvalue weighted by molar-refractivity contribution is 0.117. The van der Waals surface area contributed by atoms with E-state index in [1.807, 2.05) is 0 Å². The summed E-state index contributed by atoms with van der Waals surface area (Å²) in [4.78, 5) is 4.48. The number of piperazine rings is 1. The van der Waals surface area contributed by atoms with Gasteiger partial charge in [-0.25, -0.2) is 5.43 Å². The molecule has 1 atom stereocenters. The van der Waals surface area contributed by atoms with E-state index in [1.54, 1.807) is 7.11 Å². The zero-order chi connectivity index (χ0) is 28.1. The maximum atomic E-state index is 5.93. The Morgan fingerprint density at radius 3 is 2.32 bits per heavy atom. The average Bonchev–Trinajstić information content (AvgIpc) is 2.92. The summed E-state index contributed by atoms with van der Waals surface area (Å²) in [5, 5.41) is 3.42. The third kappa shape index (κ3) is 9.58. The number of benzene rings is 2. The highest BCUT2D eigenvalue weighted by Crippen LogP contribution is 2.24. The van der Waals surface area contributed by atoms with Gasteiger partial charge in [0.2, 0.25) is 0 Å². The van der Waals surface area contributed by atoms with Crippen LogP contribution in [0.15, 0.2) is 79.3 Å². The number of hydrazine groups is 1. The van der Waals surface area contributed by atoms with E-state index >= 15 is 0 Å². The fourth-order valence-electron chi connectivity index (χ4n) is 4.19. The van der Waals surface area contributed by atoms with Crippen LogP contribution in [0.2, 0.25) is 0 Å². The van der Waals surface area contributed by atoms with Crippen LogP contribution < -0.4 is 21.3 Å². The maximum Gasteiger partial charge on any atom is 0.122 e. The lowest BCUT2D eigenvalue weighted by Crippen LogP contribution is -2.59. The summed E-state index contributed by atoms with van der Waals surface area (Å²) in [7, 11) is 1.71.